The van der Waals surface area contributed by atoms with E-state index < -0.39 is 5.97 Å². The quantitative estimate of drug-likeness (QED) is 0.352. The van der Waals surface area contributed by atoms with E-state index in [1.165, 1.54) is 11.8 Å². The average molecular weight is 484 g/mol. The summed E-state index contributed by atoms with van der Waals surface area (Å²) in [4.78, 5) is 31.4. The number of hydrogen-bond acceptors (Lipinski definition) is 9. The second-order valence-corrected chi connectivity index (χ2v) is 8.66. The van der Waals surface area contributed by atoms with E-state index in [0.717, 1.165) is 16.8 Å². The number of nitrogens with zero attached hydrogens (tertiary/aromatic N) is 3. The van der Waals surface area contributed by atoms with E-state index in [0.29, 0.717) is 53.1 Å². The molecule has 0 N–H and O–H groups in total. The van der Waals surface area contributed by atoms with Gasteiger partial charge in [0, 0.05) is 31.1 Å². The zero-order valence-corrected chi connectivity index (χ0v) is 20.0. The second-order valence-electron chi connectivity index (χ2n) is 7.69. The van der Waals surface area contributed by atoms with E-state index in [1.807, 2.05) is 25.1 Å². The molecule has 0 fully saturated rings. The van der Waals surface area contributed by atoms with Crippen LogP contribution in [0.25, 0.3) is 0 Å². The number of amides is 1. The first-order valence-corrected chi connectivity index (χ1v) is 11.7. The van der Waals surface area contributed by atoms with Crippen LogP contribution in [-0.4, -0.2) is 54.3 Å². The van der Waals surface area contributed by atoms with Crippen LogP contribution in [0.1, 0.15) is 32.9 Å². The Balaban J connectivity index is 1.36. The average Bonchev–Trinajstić information content (AvgIpc) is 3.29. The number of benzene rings is 1. The minimum absolute atomic E-state index is 0.259. The third-order valence-corrected chi connectivity index (χ3v) is 6.46. The molecule has 10 heteroatoms. The number of esters is 1. The summed E-state index contributed by atoms with van der Waals surface area (Å²) in [7, 11) is 3.17. The first kappa shape index (κ1) is 23.6. The van der Waals surface area contributed by atoms with Gasteiger partial charge in [-0.05, 0) is 48.7 Å². The minimum Gasteiger partial charge on any atom is -0.493 e. The molecular formula is C24H25N3O6S. The topological polar surface area (TPSA) is 104 Å². The second kappa shape index (κ2) is 10.6. The van der Waals surface area contributed by atoms with Crippen molar-refractivity contribution in [3.8, 4) is 11.5 Å². The number of fused-ring (bicyclic) bond motifs is 1. The summed E-state index contributed by atoms with van der Waals surface area (Å²) in [6, 6.07) is 8.95. The number of pyridine rings is 1. The van der Waals surface area contributed by atoms with Gasteiger partial charge in [0.1, 0.15) is 10.8 Å². The van der Waals surface area contributed by atoms with Gasteiger partial charge < -0.3 is 23.6 Å². The third kappa shape index (κ3) is 5.33. The minimum atomic E-state index is -0.593. The van der Waals surface area contributed by atoms with Gasteiger partial charge in [-0.1, -0.05) is 16.9 Å². The molecule has 0 saturated heterocycles. The number of aromatic nitrogens is 2. The number of ether oxygens (including phenoxy) is 3. The van der Waals surface area contributed by atoms with Gasteiger partial charge in [0.05, 0.1) is 25.5 Å². The lowest BCUT2D eigenvalue weighted by Crippen LogP contribution is -2.38. The van der Waals surface area contributed by atoms with Gasteiger partial charge in [0.2, 0.25) is 0 Å². The van der Waals surface area contributed by atoms with E-state index >= 15 is 0 Å². The van der Waals surface area contributed by atoms with Crippen molar-refractivity contribution in [2.75, 3.05) is 27.4 Å². The van der Waals surface area contributed by atoms with E-state index in [2.05, 4.69) is 10.1 Å². The van der Waals surface area contributed by atoms with Gasteiger partial charge in [-0.2, -0.15) is 0 Å². The normalized spacial score (nSPS) is 12.7. The third-order valence-electron chi connectivity index (χ3n) is 5.42. The molecule has 3 aromatic rings. The van der Waals surface area contributed by atoms with Crippen LogP contribution in [0.2, 0.25) is 0 Å². The molecule has 34 heavy (non-hydrogen) atoms. The summed E-state index contributed by atoms with van der Waals surface area (Å²) < 4.78 is 21.1. The molecule has 2 aromatic heterocycles. The first-order valence-electron chi connectivity index (χ1n) is 10.7. The molecule has 1 aromatic carbocycles. The summed E-state index contributed by atoms with van der Waals surface area (Å²) in [5.41, 5.74) is 3.15. The fourth-order valence-electron chi connectivity index (χ4n) is 3.68. The summed E-state index contributed by atoms with van der Waals surface area (Å²) >= 11 is 1.35. The Hall–Kier alpha value is -3.53. The highest BCUT2D eigenvalue weighted by Gasteiger charge is 2.24. The maximum Gasteiger partial charge on any atom is 0.341 e. The van der Waals surface area contributed by atoms with E-state index in [4.69, 9.17) is 18.7 Å². The van der Waals surface area contributed by atoms with Crippen molar-refractivity contribution in [2.24, 2.45) is 0 Å². The highest BCUT2D eigenvalue weighted by molar-refractivity contribution is 7.98. The molecule has 0 atom stereocenters. The maximum absolute atomic E-state index is 12.8. The highest BCUT2D eigenvalue weighted by atomic mass is 32.2. The van der Waals surface area contributed by atoms with Crippen molar-refractivity contribution in [2.45, 2.75) is 30.7 Å². The number of carbonyl (C=O) groups is 2. The van der Waals surface area contributed by atoms with Crippen LogP contribution < -0.4 is 9.47 Å². The van der Waals surface area contributed by atoms with Crippen molar-refractivity contribution in [3.05, 3.63) is 64.7 Å². The fourth-order valence-corrected chi connectivity index (χ4v) is 4.54. The molecule has 0 radical (unpaired) electrons. The van der Waals surface area contributed by atoms with Crippen LogP contribution in [-0.2, 0) is 28.2 Å². The zero-order valence-electron chi connectivity index (χ0n) is 19.2. The van der Waals surface area contributed by atoms with Gasteiger partial charge >= 0.3 is 5.97 Å². The summed E-state index contributed by atoms with van der Waals surface area (Å²) in [5, 5.41) is 4.46. The predicted octanol–water partition coefficient (Wildman–Crippen LogP) is 3.43. The largest absolute Gasteiger partial charge is 0.493 e. The van der Waals surface area contributed by atoms with E-state index in [1.54, 1.807) is 37.4 Å². The number of aryl methyl sites for hydroxylation is 1. The monoisotopic (exact) mass is 483 g/mol. The molecule has 0 unspecified atom stereocenters. The Morgan fingerprint density at radius 1 is 1.15 bits per heavy atom. The molecular weight excluding hydrogens is 458 g/mol. The molecule has 1 amide bonds. The maximum atomic E-state index is 12.8. The van der Waals surface area contributed by atoms with Crippen LogP contribution in [0.5, 0.6) is 11.5 Å². The van der Waals surface area contributed by atoms with Crippen molar-refractivity contribution in [3.63, 3.8) is 0 Å². The number of rotatable bonds is 8. The molecule has 1 aliphatic rings. The molecule has 0 bridgehead atoms. The SMILES string of the molecule is COc1cc2c(cc1OC)CN(C(=O)COC(=O)c1cccnc1SCc1cc(C)on1)CC2. The highest BCUT2D eigenvalue weighted by Crippen LogP contribution is 2.33. The Labute approximate surface area is 201 Å². The van der Waals surface area contributed by atoms with Gasteiger partial charge in [-0.25, -0.2) is 9.78 Å². The van der Waals surface area contributed by atoms with Crippen LogP contribution in [0.4, 0.5) is 0 Å². The first-order chi connectivity index (χ1) is 16.5. The molecule has 9 nitrogen and oxygen atoms in total. The van der Waals surface area contributed by atoms with Crippen LogP contribution in [0, 0.1) is 6.92 Å². The fraction of sp³-hybridized carbons (Fsp3) is 0.333. The summed E-state index contributed by atoms with van der Waals surface area (Å²) in [6.45, 7) is 2.42. The zero-order chi connectivity index (χ0) is 24.1. The molecule has 3 heterocycles. The Bertz CT molecular complexity index is 1200. The number of hydrogen-bond donors (Lipinski definition) is 0. The molecule has 178 valence electrons. The smallest absolute Gasteiger partial charge is 0.341 e. The molecule has 1 aliphatic heterocycles. The molecule has 0 aliphatic carbocycles. The van der Waals surface area contributed by atoms with Crippen LogP contribution in [0.3, 0.4) is 0 Å². The van der Waals surface area contributed by atoms with Gasteiger partial charge in [0.25, 0.3) is 5.91 Å². The number of thioether (sulfide) groups is 1. The van der Waals surface area contributed by atoms with Crippen LogP contribution in [0.15, 0.2) is 46.1 Å². The molecule has 0 saturated carbocycles. The molecule has 0 spiro atoms. The standard InChI is InChI=1S/C24H25N3O6S/c1-15-9-18(26-33-15)14-34-23-19(5-4-7-25-23)24(29)32-13-22(28)27-8-6-16-10-20(30-2)21(31-3)11-17(16)12-27/h4-5,7,9-11H,6,8,12-14H2,1-3H3. The summed E-state index contributed by atoms with van der Waals surface area (Å²) in [6.07, 6.45) is 2.28. The Kier molecular flexibility index (Phi) is 7.36. The van der Waals surface area contributed by atoms with Crippen molar-refractivity contribution >= 4 is 23.6 Å². The molecule has 4 rings (SSSR count). The number of carbonyl (C=O) groups excluding carboxylic acids is 2. The van der Waals surface area contributed by atoms with Crippen molar-refractivity contribution in [1.82, 2.24) is 15.0 Å². The Morgan fingerprint density at radius 2 is 1.91 bits per heavy atom. The lowest BCUT2D eigenvalue weighted by molar-refractivity contribution is -0.135. The van der Waals surface area contributed by atoms with Crippen molar-refractivity contribution < 1.29 is 28.3 Å². The van der Waals surface area contributed by atoms with Gasteiger partial charge in [0.15, 0.2) is 18.1 Å². The number of methoxy groups -OCH3 is 2. The van der Waals surface area contributed by atoms with Gasteiger partial charge in [-0.3, -0.25) is 4.79 Å². The van der Waals surface area contributed by atoms with E-state index in [9.17, 15) is 9.59 Å². The van der Waals surface area contributed by atoms with Crippen molar-refractivity contribution in [1.29, 1.82) is 0 Å². The lowest BCUT2D eigenvalue weighted by atomic mass is 9.99. The van der Waals surface area contributed by atoms with Gasteiger partial charge in [-0.15, -0.1) is 0 Å². The van der Waals surface area contributed by atoms with E-state index in [-0.39, 0.29) is 12.5 Å². The predicted molar refractivity (Wildman–Crippen MR) is 124 cm³/mol. The summed E-state index contributed by atoms with van der Waals surface area (Å²) in [5.74, 6) is 1.64. The van der Waals surface area contributed by atoms with Crippen LogP contribution >= 0.6 is 11.8 Å². The Morgan fingerprint density at radius 3 is 2.62 bits per heavy atom. The lowest BCUT2D eigenvalue weighted by Gasteiger charge is -2.29.